The third-order valence-corrected chi connectivity index (χ3v) is 7.21. The summed E-state index contributed by atoms with van der Waals surface area (Å²) in [7, 11) is 1.44. The van der Waals surface area contributed by atoms with Crippen molar-refractivity contribution < 1.29 is 32.4 Å². The molecule has 41 heavy (non-hydrogen) atoms. The monoisotopic (exact) mass is 578 g/mol. The van der Waals surface area contributed by atoms with Gasteiger partial charge in [0.1, 0.15) is 33.5 Å². The summed E-state index contributed by atoms with van der Waals surface area (Å²) in [6.45, 7) is 1.62. The van der Waals surface area contributed by atoms with Gasteiger partial charge in [-0.05, 0) is 55.5 Å². The molecule has 0 aliphatic carbocycles. The number of aromatic nitrogens is 1. The Morgan fingerprint density at radius 3 is 2.54 bits per heavy atom. The molecule has 210 valence electrons. The van der Waals surface area contributed by atoms with Crippen LogP contribution in [0.4, 0.5) is 8.78 Å². The fourth-order valence-electron chi connectivity index (χ4n) is 4.09. The Morgan fingerprint density at radius 2 is 1.83 bits per heavy atom. The SMILES string of the molecule is COc1c(OCC(=O)NCc2cc(C)on2)cccc1C1SC(c2ccc(F)cc2)=NN1C(=O)c1cccc(F)c1. The van der Waals surface area contributed by atoms with Gasteiger partial charge in [0.05, 0.1) is 13.7 Å². The lowest BCUT2D eigenvalue weighted by molar-refractivity contribution is -0.123. The fraction of sp³-hybridized carbons (Fsp3) is 0.172. The maximum absolute atomic E-state index is 14.0. The van der Waals surface area contributed by atoms with Crippen molar-refractivity contribution >= 4 is 28.6 Å². The summed E-state index contributed by atoms with van der Waals surface area (Å²) >= 11 is 1.24. The lowest BCUT2D eigenvalue weighted by Gasteiger charge is -2.24. The van der Waals surface area contributed by atoms with Crippen LogP contribution in [0.2, 0.25) is 0 Å². The fourth-order valence-corrected chi connectivity index (χ4v) is 5.27. The van der Waals surface area contributed by atoms with Crippen LogP contribution in [0, 0.1) is 18.6 Å². The zero-order valence-electron chi connectivity index (χ0n) is 22.0. The molecule has 0 bridgehead atoms. The van der Waals surface area contributed by atoms with Crippen molar-refractivity contribution in [3.8, 4) is 11.5 Å². The molecule has 9 nitrogen and oxygen atoms in total. The Balaban J connectivity index is 1.40. The normalized spacial score (nSPS) is 14.5. The van der Waals surface area contributed by atoms with E-state index in [-0.39, 0.29) is 30.2 Å². The van der Waals surface area contributed by atoms with Crippen LogP contribution in [0.5, 0.6) is 11.5 Å². The number of carbonyl (C=O) groups is 2. The molecule has 4 aromatic rings. The maximum atomic E-state index is 14.0. The van der Waals surface area contributed by atoms with E-state index in [1.807, 2.05) is 0 Å². The third kappa shape index (κ3) is 6.38. The lowest BCUT2D eigenvalue weighted by atomic mass is 10.1. The zero-order chi connectivity index (χ0) is 28.9. The highest BCUT2D eigenvalue weighted by Crippen LogP contribution is 2.47. The van der Waals surface area contributed by atoms with Gasteiger partial charge in [0.25, 0.3) is 11.8 Å². The smallest absolute Gasteiger partial charge is 0.275 e. The van der Waals surface area contributed by atoms with E-state index < -0.39 is 28.8 Å². The lowest BCUT2D eigenvalue weighted by Crippen LogP contribution is -2.29. The molecule has 2 amide bonds. The zero-order valence-corrected chi connectivity index (χ0v) is 22.8. The van der Waals surface area contributed by atoms with Crippen molar-refractivity contribution in [3.05, 3.63) is 113 Å². The molecule has 5 rings (SSSR count). The van der Waals surface area contributed by atoms with Gasteiger partial charge >= 0.3 is 0 Å². The summed E-state index contributed by atoms with van der Waals surface area (Å²) < 4.78 is 44.0. The highest BCUT2D eigenvalue weighted by Gasteiger charge is 2.37. The number of hydrazone groups is 1. The second kappa shape index (κ2) is 12.2. The number of carbonyl (C=O) groups excluding carboxylic acids is 2. The van der Waals surface area contributed by atoms with Crippen LogP contribution in [0.1, 0.15) is 38.3 Å². The van der Waals surface area contributed by atoms with Crippen LogP contribution in [-0.2, 0) is 11.3 Å². The van der Waals surface area contributed by atoms with Gasteiger partial charge in [0.2, 0.25) is 0 Å². The molecule has 0 saturated carbocycles. The van der Waals surface area contributed by atoms with E-state index in [4.69, 9.17) is 14.0 Å². The molecule has 0 fully saturated rings. The van der Waals surface area contributed by atoms with E-state index in [1.165, 1.54) is 54.2 Å². The first-order valence-electron chi connectivity index (χ1n) is 12.4. The first-order chi connectivity index (χ1) is 19.8. The van der Waals surface area contributed by atoms with Gasteiger partial charge in [-0.15, -0.1) is 0 Å². The number of benzene rings is 3. The summed E-state index contributed by atoms with van der Waals surface area (Å²) in [5, 5.41) is 12.0. The first-order valence-corrected chi connectivity index (χ1v) is 13.3. The van der Waals surface area contributed by atoms with E-state index in [9.17, 15) is 18.4 Å². The highest BCUT2D eigenvalue weighted by atomic mass is 32.2. The average molecular weight is 579 g/mol. The van der Waals surface area contributed by atoms with Gasteiger partial charge in [0, 0.05) is 22.8 Å². The number of aryl methyl sites for hydroxylation is 1. The number of thioether (sulfide) groups is 1. The number of nitrogens with zero attached hydrogens (tertiary/aromatic N) is 3. The molecule has 1 unspecified atom stereocenters. The number of methoxy groups -OCH3 is 1. The third-order valence-electron chi connectivity index (χ3n) is 6.00. The largest absolute Gasteiger partial charge is 0.492 e. The maximum Gasteiger partial charge on any atom is 0.275 e. The minimum absolute atomic E-state index is 0.102. The number of nitrogens with one attached hydrogen (secondary N) is 1. The topological polar surface area (TPSA) is 106 Å². The Hall–Kier alpha value is -4.71. The second-order valence-electron chi connectivity index (χ2n) is 8.92. The summed E-state index contributed by atoms with van der Waals surface area (Å²) in [6, 6.07) is 17.8. The summed E-state index contributed by atoms with van der Waals surface area (Å²) in [6.07, 6.45) is 0. The predicted molar refractivity (Wildman–Crippen MR) is 147 cm³/mol. The van der Waals surface area contributed by atoms with E-state index >= 15 is 0 Å². The standard InChI is InChI=1S/C29H24F2N4O5S/c1-17-13-22(34-40-17)15-32-25(36)16-39-24-8-4-7-23(26(24)38-2)29-35(28(37)19-5-3-6-21(31)14-19)33-27(41-29)18-9-11-20(30)12-10-18/h3-14,29H,15-16H2,1-2H3,(H,32,36). The molecule has 2 heterocycles. The number of halogens is 2. The molecular weight excluding hydrogens is 554 g/mol. The molecule has 1 aromatic heterocycles. The Labute approximate surface area is 238 Å². The summed E-state index contributed by atoms with van der Waals surface area (Å²) in [5.74, 6) is -0.717. The molecule has 0 saturated heterocycles. The molecule has 1 N–H and O–H groups in total. The van der Waals surface area contributed by atoms with Crippen molar-refractivity contribution in [2.75, 3.05) is 13.7 Å². The van der Waals surface area contributed by atoms with Crippen molar-refractivity contribution in [3.63, 3.8) is 0 Å². The number of rotatable bonds is 9. The van der Waals surface area contributed by atoms with Crippen LogP contribution in [0.3, 0.4) is 0 Å². The highest BCUT2D eigenvalue weighted by molar-refractivity contribution is 8.14. The molecule has 1 aliphatic heterocycles. The van der Waals surface area contributed by atoms with E-state index in [1.54, 1.807) is 43.3 Å². The van der Waals surface area contributed by atoms with Crippen molar-refractivity contribution in [2.45, 2.75) is 18.8 Å². The summed E-state index contributed by atoms with van der Waals surface area (Å²) in [5.41, 5.74) is 1.80. The molecular formula is C29H24F2N4O5S. The number of amides is 2. The van der Waals surface area contributed by atoms with Crippen molar-refractivity contribution in [1.82, 2.24) is 15.5 Å². The Morgan fingerprint density at radius 1 is 1.05 bits per heavy atom. The first kappa shape index (κ1) is 27.8. The molecule has 0 radical (unpaired) electrons. The van der Waals surface area contributed by atoms with Gasteiger partial charge < -0.3 is 19.3 Å². The second-order valence-corrected chi connectivity index (χ2v) is 9.98. The van der Waals surface area contributed by atoms with E-state index in [0.29, 0.717) is 27.6 Å². The van der Waals surface area contributed by atoms with Gasteiger partial charge in [-0.3, -0.25) is 9.59 Å². The van der Waals surface area contributed by atoms with Crippen molar-refractivity contribution in [1.29, 1.82) is 0 Å². The van der Waals surface area contributed by atoms with E-state index in [0.717, 1.165) is 6.07 Å². The van der Waals surface area contributed by atoms with E-state index in [2.05, 4.69) is 15.6 Å². The summed E-state index contributed by atoms with van der Waals surface area (Å²) in [4.78, 5) is 26.0. The van der Waals surface area contributed by atoms with Gasteiger partial charge in [0.15, 0.2) is 18.1 Å². The van der Waals surface area contributed by atoms with Crippen LogP contribution >= 0.6 is 11.8 Å². The van der Waals surface area contributed by atoms with Crippen LogP contribution < -0.4 is 14.8 Å². The van der Waals surface area contributed by atoms with Crippen LogP contribution in [-0.4, -0.2) is 40.7 Å². The molecule has 1 atom stereocenters. The predicted octanol–water partition coefficient (Wildman–Crippen LogP) is 5.21. The van der Waals surface area contributed by atoms with Gasteiger partial charge in [-0.25, -0.2) is 13.8 Å². The number of hydrogen-bond acceptors (Lipinski definition) is 8. The quantitative estimate of drug-likeness (QED) is 0.291. The Kier molecular flexibility index (Phi) is 8.29. The van der Waals surface area contributed by atoms with Crippen LogP contribution in [0.25, 0.3) is 0 Å². The molecule has 12 heteroatoms. The van der Waals surface area contributed by atoms with Gasteiger partial charge in [-0.2, -0.15) is 5.10 Å². The molecule has 1 aliphatic rings. The van der Waals surface area contributed by atoms with Crippen molar-refractivity contribution in [2.24, 2.45) is 5.10 Å². The Bertz CT molecular complexity index is 1610. The molecule has 3 aromatic carbocycles. The average Bonchev–Trinajstić information content (AvgIpc) is 3.61. The number of hydrogen-bond donors (Lipinski definition) is 1. The number of ether oxygens (including phenoxy) is 2. The molecule has 0 spiro atoms. The minimum Gasteiger partial charge on any atom is -0.492 e. The minimum atomic E-state index is -0.742. The van der Waals surface area contributed by atoms with Gasteiger partial charge in [-0.1, -0.05) is 35.1 Å². The number of para-hydroxylation sites is 1. The van der Waals surface area contributed by atoms with Crippen LogP contribution in [0.15, 0.2) is 82.4 Å².